The van der Waals surface area contributed by atoms with Gasteiger partial charge in [0.05, 0.1) is 0 Å². The Labute approximate surface area is 84.1 Å². The van der Waals surface area contributed by atoms with Crippen LogP contribution in [-0.2, 0) is 13.0 Å². The van der Waals surface area contributed by atoms with Crippen LogP contribution in [0.2, 0.25) is 0 Å². The van der Waals surface area contributed by atoms with Gasteiger partial charge in [0.2, 0.25) is 0 Å². The fourth-order valence-electron chi connectivity index (χ4n) is 1.98. The summed E-state index contributed by atoms with van der Waals surface area (Å²) in [5.41, 5.74) is 8.12. The standard InChI is InChI=1S/C11H16N2O/c12-4-6-13-5-3-9-1-2-11(14)7-10(9)8-13/h1-2,7,14H,3-6,8,12H2. The molecule has 0 aliphatic carbocycles. The number of nitrogens with two attached hydrogens (primary N) is 1. The Morgan fingerprint density at radius 1 is 1.36 bits per heavy atom. The molecular formula is C11H16N2O. The second kappa shape index (κ2) is 3.98. The first-order chi connectivity index (χ1) is 6.79. The maximum absolute atomic E-state index is 9.36. The Balaban J connectivity index is 2.16. The topological polar surface area (TPSA) is 49.5 Å². The van der Waals surface area contributed by atoms with Crippen molar-refractivity contribution in [3.63, 3.8) is 0 Å². The third kappa shape index (κ3) is 1.89. The molecule has 1 aromatic carbocycles. The predicted octanol–water partition coefficient (Wildman–Crippen LogP) is 0.709. The molecule has 0 saturated heterocycles. The van der Waals surface area contributed by atoms with E-state index >= 15 is 0 Å². The minimum absolute atomic E-state index is 0.360. The van der Waals surface area contributed by atoms with Crippen molar-refractivity contribution < 1.29 is 5.11 Å². The van der Waals surface area contributed by atoms with E-state index < -0.39 is 0 Å². The lowest BCUT2D eigenvalue weighted by atomic mass is 9.99. The van der Waals surface area contributed by atoms with Crippen LogP contribution in [0.1, 0.15) is 11.1 Å². The summed E-state index contributed by atoms with van der Waals surface area (Å²) in [6.07, 6.45) is 1.07. The van der Waals surface area contributed by atoms with E-state index in [1.54, 1.807) is 6.07 Å². The molecule has 3 heteroatoms. The van der Waals surface area contributed by atoms with Gasteiger partial charge in [0.25, 0.3) is 0 Å². The van der Waals surface area contributed by atoms with Gasteiger partial charge in [-0.1, -0.05) is 6.07 Å². The van der Waals surface area contributed by atoms with Gasteiger partial charge in [0, 0.05) is 26.2 Å². The Morgan fingerprint density at radius 2 is 2.21 bits per heavy atom. The largest absolute Gasteiger partial charge is 0.508 e. The van der Waals surface area contributed by atoms with Crippen LogP contribution in [0, 0.1) is 0 Å². The highest BCUT2D eigenvalue weighted by Gasteiger charge is 2.15. The molecule has 0 bridgehead atoms. The van der Waals surface area contributed by atoms with Crippen molar-refractivity contribution in [3.05, 3.63) is 29.3 Å². The number of rotatable bonds is 2. The van der Waals surface area contributed by atoms with E-state index in [1.165, 1.54) is 11.1 Å². The van der Waals surface area contributed by atoms with Gasteiger partial charge in [-0.25, -0.2) is 0 Å². The lowest BCUT2D eigenvalue weighted by Crippen LogP contribution is -2.34. The molecule has 1 aliphatic rings. The van der Waals surface area contributed by atoms with E-state index in [2.05, 4.69) is 4.90 Å². The van der Waals surface area contributed by atoms with Crippen molar-refractivity contribution in [3.8, 4) is 5.75 Å². The monoisotopic (exact) mass is 192 g/mol. The van der Waals surface area contributed by atoms with Gasteiger partial charge >= 0.3 is 0 Å². The number of phenolic OH excluding ortho intramolecular Hbond substituents is 1. The fraction of sp³-hybridized carbons (Fsp3) is 0.455. The molecule has 1 aliphatic heterocycles. The Kier molecular flexibility index (Phi) is 2.70. The number of hydrogen-bond donors (Lipinski definition) is 2. The van der Waals surface area contributed by atoms with Crippen molar-refractivity contribution >= 4 is 0 Å². The third-order valence-corrected chi connectivity index (χ3v) is 2.73. The maximum Gasteiger partial charge on any atom is 0.115 e. The number of benzene rings is 1. The maximum atomic E-state index is 9.36. The van der Waals surface area contributed by atoms with Crippen LogP contribution in [0.4, 0.5) is 0 Å². The Morgan fingerprint density at radius 3 is 3.00 bits per heavy atom. The summed E-state index contributed by atoms with van der Waals surface area (Å²) in [6, 6.07) is 5.64. The summed E-state index contributed by atoms with van der Waals surface area (Å²) < 4.78 is 0. The molecule has 14 heavy (non-hydrogen) atoms. The molecule has 0 spiro atoms. The second-order valence-electron chi connectivity index (χ2n) is 3.77. The van der Waals surface area contributed by atoms with Crippen molar-refractivity contribution in [1.29, 1.82) is 0 Å². The van der Waals surface area contributed by atoms with E-state index in [0.717, 1.165) is 26.1 Å². The van der Waals surface area contributed by atoms with Gasteiger partial charge in [0.1, 0.15) is 5.75 Å². The van der Waals surface area contributed by atoms with Crippen molar-refractivity contribution in [2.75, 3.05) is 19.6 Å². The summed E-state index contributed by atoms with van der Waals surface area (Å²) in [4.78, 5) is 2.32. The van der Waals surface area contributed by atoms with Crippen LogP contribution >= 0.6 is 0 Å². The van der Waals surface area contributed by atoms with Crippen LogP contribution < -0.4 is 5.73 Å². The zero-order chi connectivity index (χ0) is 9.97. The average Bonchev–Trinajstić information content (AvgIpc) is 2.17. The molecule has 3 N–H and O–H groups in total. The lowest BCUT2D eigenvalue weighted by molar-refractivity contribution is 0.261. The van der Waals surface area contributed by atoms with Gasteiger partial charge in [-0.15, -0.1) is 0 Å². The van der Waals surface area contributed by atoms with E-state index in [-0.39, 0.29) is 0 Å². The molecule has 0 unspecified atom stereocenters. The molecule has 2 rings (SSSR count). The molecule has 0 saturated carbocycles. The highest BCUT2D eigenvalue weighted by molar-refractivity contribution is 5.36. The van der Waals surface area contributed by atoms with Gasteiger partial charge in [-0.05, 0) is 29.7 Å². The molecule has 0 atom stereocenters. The molecule has 0 radical (unpaired) electrons. The zero-order valence-electron chi connectivity index (χ0n) is 8.24. The first-order valence-electron chi connectivity index (χ1n) is 5.03. The highest BCUT2D eigenvalue weighted by atomic mass is 16.3. The number of phenols is 1. The number of nitrogens with zero attached hydrogens (tertiary/aromatic N) is 1. The molecule has 0 aromatic heterocycles. The highest BCUT2D eigenvalue weighted by Crippen LogP contribution is 2.22. The number of hydrogen-bond acceptors (Lipinski definition) is 3. The minimum Gasteiger partial charge on any atom is -0.508 e. The van der Waals surface area contributed by atoms with E-state index in [9.17, 15) is 5.11 Å². The lowest BCUT2D eigenvalue weighted by Gasteiger charge is -2.28. The number of fused-ring (bicyclic) bond motifs is 1. The van der Waals surface area contributed by atoms with Gasteiger partial charge in [-0.2, -0.15) is 0 Å². The average molecular weight is 192 g/mol. The number of aromatic hydroxyl groups is 1. The van der Waals surface area contributed by atoms with Crippen LogP contribution in [-0.4, -0.2) is 29.6 Å². The summed E-state index contributed by atoms with van der Waals surface area (Å²) >= 11 is 0. The van der Waals surface area contributed by atoms with Crippen LogP contribution in [0.15, 0.2) is 18.2 Å². The molecule has 0 fully saturated rings. The summed E-state index contributed by atoms with van der Waals surface area (Å²) in [6.45, 7) is 3.64. The Hall–Kier alpha value is -1.06. The quantitative estimate of drug-likeness (QED) is 0.725. The van der Waals surface area contributed by atoms with E-state index in [1.807, 2.05) is 12.1 Å². The Bertz CT molecular complexity index is 325. The molecule has 1 aromatic rings. The summed E-state index contributed by atoms with van der Waals surface area (Å²) in [7, 11) is 0. The normalized spacial score (nSPS) is 16.6. The van der Waals surface area contributed by atoms with Crippen molar-refractivity contribution in [2.24, 2.45) is 5.73 Å². The first kappa shape index (κ1) is 9.49. The van der Waals surface area contributed by atoms with Crippen LogP contribution in [0.5, 0.6) is 5.75 Å². The van der Waals surface area contributed by atoms with Crippen LogP contribution in [0.25, 0.3) is 0 Å². The molecular weight excluding hydrogens is 176 g/mol. The van der Waals surface area contributed by atoms with Crippen molar-refractivity contribution in [2.45, 2.75) is 13.0 Å². The molecule has 76 valence electrons. The molecule has 0 amide bonds. The second-order valence-corrected chi connectivity index (χ2v) is 3.77. The van der Waals surface area contributed by atoms with E-state index in [4.69, 9.17) is 5.73 Å². The summed E-state index contributed by atoms with van der Waals surface area (Å²) in [5, 5.41) is 9.36. The van der Waals surface area contributed by atoms with E-state index in [0.29, 0.717) is 12.3 Å². The van der Waals surface area contributed by atoms with Gasteiger partial charge < -0.3 is 10.8 Å². The summed E-state index contributed by atoms with van der Waals surface area (Å²) in [5.74, 6) is 0.360. The predicted molar refractivity (Wildman–Crippen MR) is 56.1 cm³/mol. The molecule has 1 heterocycles. The smallest absolute Gasteiger partial charge is 0.115 e. The third-order valence-electron chi connectivity index (χ3n) is 2.73. The zero-order valence-corrected chi connectivity index (χ0v) is 8.24. The molecule has 3 nitrogen and oxygen atoms in total. The fourth-order valence-corrected chi connectivity index (χ4v) is 1.98. The van der Waals surface area contributed by atoms with Gasteiger partial charge in [-0.3, -0.25) is 4.90 Å². The van der Waals surface area contributed by atoms with Gasteiger partial charge in [0.15, 0.2) is 0 Å². The van der Waals surface area contributed by atoms with Crippen LogP contribution in [0.3, 0.4) is 0 Å². The minimum atomic E-state index is 0.360. The SMILES string of the molecule is NCCN1CCc2ccc(O)cc2C1. The van der Waals surface area contributed by atoms with Crippen molar-refractivity contribution in [1.82, 2.24) is 4.90 Å². The first-order valence-corrected chi connectivity index (χ1v) is 5.03.